The molecule has 0 atom stereocenters. The summed E-state index contributed by atoms with van der Waals surface area (Å²) in [6, 6.07) is 35.6. The molecule has 0 bridgehead atoms. The Kier molecular flexibility index (Phi) is 6.40. The molecule has 5 aromatic carbocycles. The third-order valence-corrected chi connectivity index (χ3v) is 6.56. The van der Waals surface area contributed by atoms with Crippen LogP contribution in [0, 0.1) is 0 Å². The summed E-state index contributed by atoms with van der Waals surface area (Å²) in [6.07, 6.45) is 10.9. The van der Waals surface area contributed by atoms with Crippen LogP contribution in [0.3, 0.4) is 0 Å². The Morgan fingerprint density at radius 3 is 1.12 bits per heavy atom. The van der Waals surface area contributed by atoms with Crippen LogP contribution in [0.1, 0.15) is 47.2 Å². The zero-order chi connectivity index (χ0) is 23.3. The first kappa shape index (κ1) is 21.9. The zero-order valence-corrected chi connectivity index (χ0v) is 20.0. The molecule has 0 radical (unpaired) electrons. The molecule has 34 heavy (non-hydrogen) atoms. The van der Waals surface area contributed by atoms with Crippen molar-refractivity contribution in [3.63, 3.8) is 0 Å². The molecule has 0 unspecified atom stereocenters. The van der Waals surface area contributed by atoms with Crippen molar-refractivity contribution >= 4 is 45.8 Å². The van der Waals surface area contributed by atoms with Gasteiger partial charge in [-0.05, 0) is 92.0 Å². The van der Waals surface area contributed by atoms with Crippen LogP contribution in [0.15, 0.2) is 97.1 Å². The molecule has 0 aliphatic rings. The van der Waals surface area contributed by atoms with Crippen LogP contribution in [0.2, 0.25) is 0 Å². The van der Waals surface area contributed by atoms with Crippen LogP contribution >= 0.6 is 0 Å². The molecular weight excluding hydrogens is 408 g/mol. The Morgan fingerprint density at radius 2 is 0.735 bits per heavy atom. The minimum absolute atomic E-state index is 1.08. The highest BCUT2D eigenvalue weighted by molar-refractivity contribution is 6.00. The lowest BCUT2D eigenvalue weighted by molar-refractivity contribution is 1.14. The van der Waals surface area contributed by atoms with Gasteiger partial charge < -0.3 is 0 Å². The molecular formula is C34H30. The summed E-state index contributed by atoms with van der Waals surface area (Å²) in [5.41, 5.74) is 7.66. The Balaban J connectivity index is 1.38. The van der Waals surface area contributed by atoms with E-state index < -0.39 is 0 Å². The van der Waals surface area contributed by atoms with Gasteiger partial charge in [0.1, 0.15) is 0 Å². The predicted molar refractivity (Wildman–Crippen MR) is 151 cm³/mol. The molecule has 0 aliphatic heterocycles. The van der Waals surface area contributed by atoms with E-state index in [-0.39, 0.29) is 0 Å². The highest BCUT2D eigenvalue weighted by Crippen LogP contribution is 2.26. The highest BCUT2D eigenvalue weighted by Gasteiger charge is 2.01. The van der Waals surface area contributed by atoms with Gasteiger partial charge in [0, 0.05) is 0 Å². The predicted octanol–water partition coefficient (Wildman–Crippen LogP) is 9.46. The summed E-state index contributed by atoms with van der Waals surface area (Å²) >= 11 is 0. The van der Waals surface area contributed by atoms with Gasteiger partial charge in [-0.2, -0.15) is 0 Å². The number of hydrogen-bond donors (Lipinski definition) is 0. The number of benzene rings is 5. The molecule has 0 amide bonds. The van der Waals surface area contributed by atoms with E-state index in [1.807, 2.05) is 0 Å². The van der Waals surface area contributed by atoms with E-state index in [1.165, 1.54) is 54.9 Å². The monoisotopic (exact) mass is 438 g/mol. The quantitative estimate of drug-likeness (QED) is 0.183. The fourth-order valence-electron chi connectivity index (χ4n) is 4.36. The topological polar surface area (TPSA) is 0 Å². The summed E-state index contributed by atoms with van der Waals surface area (Å²) in [5, 5.41) is 5.09. The van der Waals surface area contributed by atoms with Gasteiger partial charge in [-0.3, -0.25) is 0 Å². The van der Waals surface area contributed by atoms with Crippen molar-refractivity contribution in [3.8, 4) is 0 Å². The minimum atomic E-state index is 1.08. The Labute approximate surface area is 202 Å². The standard InChI is InChI=1S/C34H30/c1-3-25-5-9-27(10-6-25)13-15-29-17-19-31-24-34-22-30(18-20-32(34)23-33(31)21-29)16-14-28-11-7-26(4-2)8-12-28/h5-24H,3-4H2,1-2H3/b15-13+,16-14+. The Hall–Kier alpha value is -3.90. The van der Waals surface area contributed by atoms with E-state index in [2.05, 4.69) is 135 Å². The number of fused-ring (bicyclic) bond motifs is 2. The molecule has 5 aromatic rings. The SMILES string of the molecule is CCc1ccc(/C=C/c2ccc3cc4cc(/C=C/c5ccc(CC)cc5)ccc4cc3c2)cc1. The second-order valence-electron chi connectivity index (χ2n) is 8.92. The first-order valence-electron chi connectivity index (χ1n) is 12.2. The molecule has 5 rings (SSSR count). The Bertz CT molecular complexity index is 1360. The van der Waals surface area contributed by atoms with Crippen LogP contribution in [-0.4, -0.2) is 0 Å². The van der Waals surface area contributed by atoms with Gasteiger partial charge in [0.25, 0.3) is 0 Å². The van der Waals surface area contributed by atoms with Crippen LogP contribution < -0.4 is 0 Å². The van der Waals surface area contributed by atoms with Crippen LogP contribution in [0.25, 0.3) is 45.8 Å². The fraction of sp³-hybridized carbons (Fsp3) is 0.118. The number of hydrogen-bond acceptors (Lipinski definition) is 0. The second kappa shape index (κ2) is 9.93. The van der Waals surface area contributed by atoms with Crippen LogP contribution in [0.4, 0.5) is 0 Å². The van der Waals surface area contributed by atoms with E-state index in [1.54, 1.807) is 0 Å². The number of aryl methyl sites for hydroxylation is 2. The molecule has 0 saturated heterocycles. The van der Waals surface area contributed by atoms with Gasteiger partial charge in [0.05, 0.1) is 0 Å². The molecule has 0 saturated carbocycles. The second-order valence-corrected chi connectivity index (χ2v) is 8.92. The first-order chi connectivity index (χ1) is 16.7. The fourth-order valence-corrected chi connectivity index (χ4v) is 4.36. The summed E-state index contributed by atoms with van der Waals surface area (Å²) in [4.78, 5) is 0. The van der Waals surface area contributed by atoms with Gasteiger partial charge in [0.15, 0.2) is 0 Å². The smallest absolute Gasteiger partial charge is 0.0172 e. The van der Waals surface area contributed by atoms with Crippen LogP contribution in [-0.2, 0) is 12.8 Å². The maximum absolute atomic E-state index is 2.30. The molecule has 0 fully saturated rings. The van der Waals surface area contributed by atoms with Gasteiger partial charge in [-0.1, -0.05) is 111 Å². The molecule has 0 spiro atoms. The third kappa shape index (κ3) is 5.02. The van der Waals surface area contributed by atoms with E-state index in [0.29, 0.717) is 0 Å². The van der Waals surface area contributed by atoms with Crippen molar-refractivity contribution in [1.29, 1.82) is 0 Å². The van der Waals surface area contributed by atoms with Crippen molar-refractivity contribution in [2.45, 2.75) is 26.7 Å². The molecule has 0 N–H and O–H groups in total. The normalized spacial score (nSPS) is 11.8. The maximum atomic E-state index is 2.30. The summed E-state index contributed by atoms with van der Waals surface area (Å²) in [7, 11) is 0. The zero-order valence-electron chi connectivity index (χ0n) is 20.0. The lowest BCUT2D eigenvalue weighted by Gasteiger charge is -2.05. The van der Waals surface area contributed by atoms with Crippen molar-refractivity contribution in [1.82, 2.24) is 0 Å². The summed E-state index contributed by atoms with van der Waals surface area (Å²) < 4.78 is 0. The van der Waals surface area contributed by atoms with Gasteiger partial charge >= 0.3 is 0 Å². The van der Waals surface area contributed by atoms with E-state index in [4.69, 9.17) is 0 Å². The van der Waals surface area contributed by atoms with Crippen molar-refractivity contribution < 1.29 is 0 Å². The van der Waals surface area contributed by atoms with Gasteiger partial charge in [0.2, 0.25) is 0 Å². The van der Waals surface area contributed by atoms with Gasteiger partial charge in [-0.25, -0.2) is 0 Å². The molecule has 0 aliphatic carbocycles. The molecule has 0 heterocycles. The average molecular weight is 439 g/mol. The van der Waals surface area contributed by atoms with E-state index in [0.717, 1.165) is 12.8 Å². The largest absolute Gasteiger partial charge is 0.0613 e. The lowest BCUT2D eigenvalue weighted by Crippen LogP contribution is -1.81. The molecule has 166 valence electrons. The van der Waals surface area contributed by atoms with Gasteiger partial charge in [-0.15, -0.1) is 0 Å². The first-order valence-corrected chi connectivity index (χ1v) is 12.2. The third-order valence-electron chi connectivity index (χ3n) is 6.56. The molecule has 0 heteroatoms. The highest BCUT2D eigenvalue weighted by atomic mass is 14.1. The van der Waals surface area contributed by atoms with E-state index in [9.17, 15) is 0 Å². The van der Waals surface area contributed by atoms with Crippen molar-refractivity contribution in [3.05, 3.63) is 130 Å². The van der Waals surface area contributed by atoms with Crippen LogP contribution in [0.5, 0.6) is 0 Å². The van der Waals surface area contributed by atoms with Crippen molar-refractivity contribution in [2.24, 2.45) is 0 Å². The Morgan fingerprint density at radius 1 is 0.382 bits per heavy atom. The molecule has 0 nitrogen and oxygen atoms in total. The lowest BCUT2D eigenvalue weighted by atomic mass is 9.99. The minimum Gasteiger partial charge on any atom is -0.0613 e. The maximum Gasteiger partial charge on any atom is -0.0172 e. The number of rotatable bonds is 6. The average Bonchev–Trinajstić information content (AvgIpc) is 2.90. The summed E-state index contributed by atoms with van der Waals surface area (Å²) in [6.45, 7) is 4.38. The van der Waals surface area contributed by atoms with Crippen molar-refractivity contribution in [2.75, 3.05) is 0 Å². The molecule has 0 aromatic heterocycles. The summed E-state index contributed by atoms with van der Waals surface area (Å²) in [5.74, 6) is 0. The van der Waals surface area contributed by atoms with E-state index >= 15 is 0 Å².